The van der Waals surface area contributed by atoms with Crippen LogP contribution in [0.4, 0.5) is 0 Å². The Morgan fingerprint density at radius 1 is 0.935 bits per heavy atom. The molecule has 1 aliphatic heterocycles. The van der Waals surface area contributed by atoms with Crippen LogP contribution in [-0.2, 0) is 13.5 Å². The predicted octanol–water partition coefficient (Wildman–Crippen LogP) is 7.25. The lowest BCUT2D eigenvalue weighted by Crippen LogP contribution is -2.32. The van der Waals surface area contributed by atoms with Gasteiger partial charge in [0.1, 0.15) is 18.5 Å². The number of rotatable bonds is 2. The highest BCUT2D eigenvalue weighted by Crippen LogP contribution is 2.50. The number of benzene rings is 3. The standard InChI is InChI=1S/C29H30NO/c1-17-9-10-23-18(2)26-28-27-22(11-12-30(28)4)15-21(14-20-7-5-6-8-20)16-25(27)31-29(26)19(3)24(23)13-17/h9-13,15-16,20H,5-8,14H2,1-4H3/q+1. The van der Waals surface area contributed by atoms with E-state index in [0.717, 1.165) is 17.4 Å². The molecule has 0 unspecified atom stereocenters. The van der Waals surface area contributed by atoms with Crippen LogP contribution in [-0.4, -0.2) is 0 Å². The summed E-state index contributed by atoms with van der Waals surface area (Å²) in [6.07, 6.45) is 8.90. The molecular weight excluding hydrogens is 378 g/mol. The van der Waals surface area contributed by atoms with E-state index in [1.807, 2.05) is 0 Å². The lowest BCUT2D eigenvalue weighted by molar-refractivity contribution is -0.659. The molecule has 0 radical (unpaired) electrons. The van der Waals surface area contributed by atoms with E-state index in [1.165, 1.54) is 87.2 Å². The zero-order valence-corrected chi connectivity index (χ0v) is 19.0. The first-order valence-electron chi connectivity index (χ1n) is 11.7. The summed E-state index contributed by atoms with van der Waals surface area (Å²) in [4.78, 5) is 0. The molecule has 0 amide bonds. The van der Waals surface area contributed by atoms with Gasteiger partial charge in [0.2, 0.25) is 5.69 Å². The lowest BCUT2D eigenvalue weighted by atomic mass is 9.87. The van der Waals surface area contributed by atoms with Crippen LogP contribution in [0.5, 0.6) is 11.5 Å². The van der Waals surface area contributed by atoms with Crippen molar-refractivity contribution < 1.29 is 9.30 Å². The molecule has 2 heterocycles. The van der Waals surface area contributed by atoms with Gasteiger partial charge in [-0.25, -0.2) is 4.57 Å². The third-order valence-corrected chi connectivity index (χ3v) is 7.63. The molecule has 1 aliphatic carbocycles. The van der Waals surface area contributed by atoms with E-state index in [0.29, 0.717) is 0 Å². The molecular formula is C29H30NO+. The van der Waals surface area contributed by atoms with Crippen LogP contribution in [0.3, 0.4) is 0 Å². The van der Waals surface area contributed by atoms with Crippen molar-refractivity contribution >= 4 is 21.5 Å². The molecule has 0 atom stereocenters. The van der Waals surface area contributed by atoms with Crippen LogP contribution >= 0.6 is 0 Å². The molecule has 1 fully saturated rings. The van der Waals surface area contributed by atoms with Crippen LogP contribution in [0.15, 0.2) is 42.6 Å². The number of nitrogens with zero attached hydrogens (tertiary/aromatic N) is 1. The molecule has 156 valence electrons. The zero-order valence-electron chi connectivity index (χ0n) is 19.0. The van der Waals surface area contributed by atoms with Gasteiger partial charge in [-0.2, -0.15) is 0 Å². The van der Waals surface area contributed by atoms with Crippen molar-refractivity contribution in [2.45, 2.75) is 52.9 Å². The Kier molecular flexibility index (Phi) is 4.15. The van der Waals surface area contributed by atoms with Gasteiger partial charge in [0.15, 0.2) is 6.20 Å². The van der Waals surface area contributed by atoms with Crippen molar-refractivity contribution in [3.8, 4) is 22.8 Å². The first-order chi connectivity index (χ1) is 15.0. The number of ether oxygens (including phenoxy) is 1. The Morgan fingerprint density at radius 2 is 1.74 bits per heavy atom. The normalized spacial score (nSPS) is 15.5. The highest BCUT2D eigenvalue weighted by atomic mass is 16.5. The van der Waals surface area contributed by atoms with E-state index in [2.05, 4.69) is 75.0 Å². The third-order valence-electron chi connectivity index (χ3n) is 7.63. The summed E-state index contributed by atoms with van der Waals surface area (Å²) in [5.74, 6) is 2.89. The van der Waals surface area contributed by atoms with Gasteiger partial charge in [-0.05, 0) is 66.5 Å². The number of aryl methyl sites for hydroxylation is 4. The summed E-state index contributed by atoms with van der Waals surface area (Å²) in [6.45, 7) is 6.63. The van der Waals surface area contributed by atoms with Crippen LogP contribution in [0.25, 0.3) is 32.8 Å². The second-order valence-electron chi connectivity index (χ2n) is 9.79. The molecule has 31 heavy (non-hydrogen) atoms. The average molecular weight is 409 g/mol. The fourth-order valence-corrected chi connectivity index (χ4v) is 6.00. The van der Waals surface area contributed by atoms with Crippen molar-refractivity contribution in [1.82, 2.24) is 0 Å². The monoisotopic (exact) mass is 408 g/mol. The highest BCUT2D eigenvalue weighted by molar-refractivity contribution is 6.06. The molecule has 2 heteroatoms. The summed E-state index contributed by atoms with van der Waals surface area (Å²) in [6, 6.07) is 13.8. The minimum atomic E-state index is 0.829. The second-order valence-corrected chi connectivity index (χ2v) is 9.79. The Bertz CT molecular complexity index is 1380. The minimum Gasteiger partial charge on any atom is -0.455 e. The number of aromatic nitrogens is 1. The fraction of sp³-hybridized carbons (Fsp3) is 0.345. The van der Waals surface area contributed by atoms with Crippen LogP contribution < -0.4 is 9.30 Å². The third kappa shape index (κ3) is 2.81. The number of fused-ring (bicyclic) bond motifs is 3. The summed E-state index contributed by atoms with van der Waals surface area (Å²) in [7, 11) is 2.16. The van der Waals surface area contributed by atoms with E-state index in [1.54, 1.807) is 0 Å². The van der Waals surface area contributed by atoms with Crippen molar-refractivity contribution in [3.05, 3.63) is 64.8 Å². The number of pyridine rings is 1. The second kappa shape index (κ2) is 6.82. The van der Waals surface area contributed by atoms with E-state index >= 15 is 0 Å². The molecule has 2 aliphatic rings. The first kappa shape index (κ1) is 18.9. The largest absolute Gasteiger partial charge is 0.455 e. The summed E-state index contributed by atoms with van der Waals surface area (Å²) < 4.78 is 9.03. The van der Waals surface area contributed by atoms with E-state index < -0.39 is 0 Å². The smallest absolute Gasteiger partial charge is 0.228 e. The molecule has 0 spiro atoms. The van der Waals surface area contributed by atoms with Gasteiger partial charge in [-0.1, -0.05) is 55.5 Å². The van der Waals surface area contributed by atoms with Gasteiger partial charge in [-0.3, -0.25) is 0 Å². The van der Waals surface area contributed by atoms with Crippen LogP contribution in [0.2, 0.25) is 0 Å². The molecule has 0 N–H and O–H groups in total. The summed E-state index contributed by atoms with van der Waals surface area (Å²) in [5, 5.41) is 5.17. The Labute approximate surface area is 184 Å². The van der Waals surface area contributed by atoms with Crippen molar-refractivity contribution in [3.63, 3.8) is 0 Å². The van der Waals surface area contributed by atoms with E-state index in [-0.39, 0.29) is 0 Å². The van der Waals surface area contributed by atoms with Gasteiger partial charge in [0.05, 0.1) is 10.9 Å². The van der Waals surface area contributed by atoms with Crippen molar-refractivity contribution in [2.24, 2.45) is 13.0 Å². The van der Waals surface area contributed by atoms with E-state index in [4.69, 9.17) is 4.74 Å². The van der Waals surface area contributed by atoms with Gasteiger partial charge < -0.3 is 4.74 Å². The Balaban J connectivity index is 1.64. The van der Waals surface area contributed by atoms with Crippen molar-refractivity contribution in [2.75, 3.05) is 0 Å². The van der Waals surface area contributed by atoms with Crippen LogP contribution in [0.1, 0.15) is 47.9 Å². The van der Waals surface area contributed by atoms with Gasteiger partial charge in [0.25, 0.3) is 0 Å². The molecule has 1 aromatic heterocycles. The highest BCUT2D eigenvalue weighted by Gasteiger charge is 2.32. The number of hydrogen-bond donors (Lipinski definition) is 0. The minimum absolute atomic E-state index is 0.829. The lowest BCUT2D eigenvalue weighted by Gasteiger charge is -2.25. The average Bonchev–Trinajstić information content (AvgIpc) is 3.26. The van der Waals surface area contributed by atoms with Gasteiger partial charge in [-0.15, -0.1) is 0 Å². The maximum atomic E-state index is 6.76. The Morgan fingerprint density at radius 3 is 2.55 bits per heavy atom. The maximum absolute atomic E-state index is 6.76. The fourth-order valence-electron chi connectivity index (χ4n) is 6.00. The van der Waals surface area contributed by atoms with Crippen molar-refractivity contribution in [1.29, 1.82) is 0 Å². The number of hydrogen-bond acceptors (Lipinski definition) is 1. The van der Waals surface area contributed by atoms with Crippen LogP contribution in [0, 0.1) is 26.7 Å². The predicted molar refractivity (Wildman–Crippen MR) is 128 cm³/mol. The maximum Gasteiger partial charge on any atom is 0.228 e. The SMILES string of the molecule is Cc1ccc2c(C)c3c(c(C)c2c1)Oc1cc(CC2CCCC2)cc2cc[n+](C)c-3c12. The molecule has 0 bridgehead atoms. The quantitative estimate of drug-likeness (QED) is 0.280. The molecule has 0 saturated heterocycles. The molecule has 1 saturated carbocycles. The van der Waals surface area contributed by atoms with E-state index in [9.17, 15) is 0 Å². The van der Waals surface area contributed by atoms with Gasteiger partial charge >= 0.3 is 0 Å². The molecule has 4 aromatic rings. The molecule has 2 nitrogen and oxygen atoms in total. The molecule has 6 rings (SSSR count). The topological polar surface area (TPSA) is 13.1 Å². The Hall–Kier alpha value is -2.87. The first-order valence-corrected chi connectivity index (χ1v) is 11.7. The molecule has 3 aromatic carbocycles. The summed E-state index contributed by atoms with van der Waals surface area (Å²) in [5.41, 5.74) is 7.78. The zero-order chi connectivity index (χ0) is 21.3. The van der Waals surface area contributed by atoms with Gasteiger partial charge in [0, 0.05) is 11.6 Å². The summed E-state index contributed by atoms with van der Waals surface area (Å²) >= 11 is 0.